The average Bonchev–Trinajstić information content (AvgIpc) is 3.10. The Bertz CT molecular complexity index is 1540. The quantitative estimate of drug-likeness (QED) is 0.191. The molecule has 0 spiro atoms. The number of aliphatic imine (C=N–C) groups is 1. The maximum Gasteiger partial charge on any atom is 0.344 e. The van der Waals surface area contributed by atoms with Gasteiger partial charge in [-0.1, -0.05) is 24.3 Å². The van der Waals surface area contributed by atoms with Gasteiger partial charge in [-0.3, -0.25) is 15.2 Å². The minimum atomic E-state index is -0.645. The zero-order chi connectivity index (χ0) is 30.8. The van der Waals surface area contributed by atoms with Crippen molar-refractivity contribution < 1.29 is 28.2 Å². The number of halogens is 1. The van der Waals surface area contributed by atoms with Crippen LogP contribution in [0.1, 0.15) is 55.7 Å². The molecule has 222 valence electrons. The highest BCUT2D eigenvalue weighted by molar-refractivity contribution is 7.17. The first-order valence-electron chi connectivity index (χ1n) is 13.6. The number of nitrogens with one attached hydrogen (secondary N) is 1. The number of thiophene rings is 1. The van der Waals surface area contributed by atoms with Crippen molar-refractivity contribution in [3.05, 3.63) is 69.8 Å². The number of carbonyl (C=O) groups is 2. The number of nitrogens with zero attached hydrogens (tertiary/aromatic N) is 2. The molecule has 1 aliphatic heterocycles. The van der Waals surface area contributed by atoms with Crippen LogP contribution in [0.5, 0.6) is 5.75 Å². The van der Waals surface area contributed by atoms with Gasteiger partial charge >= 0.3 is 11.9 Å². The molecule has 0 unspecified atom stereocenters. The van der Waals surface area contributed by atoms with Crippen LogP contribution in [0, 0.1) is 25.1 Å². The van der Waals surface area contributed by atoms with Gasteiger partial charge in [-0.25, -0.2) is 9.18 Å². The van der Waals surface area contributed by atoms with Crippen molar-refractivity contribution in [1.82, 2.24) is 0 Å². The number of esters is 2. The largest absolute Gasteiger partial charge is 0.482 e. The Morgan fingerprint density at radius 2 is 1.74 bits per heavy atom. The standard InChI is InChI=1S/C32H36FN3O5S/c1-18-19(2)42-31-29(18)30(35-25(15-27(37)39-7)16-36(31)20(3)34)22-10-8-21(9-11-22)23-12-24(33)14-26(13-23)40-17-28(38)41-32(4,5)6/h8-14,25,34H,15-17H2,1-7H3/t25-/m0/s1. The summed E-state index contributed by atoms with van der Waals surface area (Å²) in [6.45, 7) is 11.2. The molecule has 3 aromatic rings. The first kappa shape index (κ1) is 30.9. The van der Waals surface area contributed by atoms with Gasteiger partial charge in [0.05, 0.1) is 31.1 Å². The van der Waals surface area contributed by atoms with E-state index in [9.17, 15) is 14.0 Å². The Morgan fingerprint density at radius 1 is 1.07 bits per heavy atom. The van der Waals surface area contributed by atoms with E-state index in [1.807, 2.05) is 43.0 Å². The van der Waals surface area contributed by atoms with Crippen molar-refractivity contribution in [1.29, 1.82) is 5.41 Å². The van der Waals surface area contributed by atoms with Crippen LogP contribution >= 0.6 is 11.3 Å². The number of hydrogen-bond donors (Lipinski definition) is 1. The lowest BCUT2D eigenvalue weighted by atomic mass is 9.97. The average molecular weight is 594 g/mol. The van der Waals surface area contributed by atoms with E-state index in [0.717, 1.165) is 37.8 Å². The molecule has 0 aliphatic carbocycles. The van der Waals surface area contributed by atoms with Gasteiger partial charge in [0.2, 0.25) is 0 Å². The molecule has 4 rings (SSSR count). The van der Waals surface area contributed by atoms with Crippen LogP contribution in [0.15, 0.2) is 47.5 Å². The highest BCUT2D eigenvalue weighted by atomic mass is 32.1. The predicted molar refractivity (Wildman–Crippen MR) is 164 cm³/mol. The van der Waals surface area contributed by atoms with E-state index in [0.29, 0.717) is 17.9 Å². The second kappa shape index (κ2) is 12.4. The van der Waals surface area contributed by atoms with Crippen molar-refractivity contribution in [3.63, 3.8) is 0 Å². The predicted octanol–water partition coefficient (Wildman–Crippen LogP) is 6.48. The van der Waals surface area contributed by atoms with Gasteiger partial charge in [0, 0.05) is 28.6 Å². The summed E-state index contributed by atoms with van der Waals surface area (Å²) in [5, 5.41) is 9.35. The number of rotatable bonds is 7. The Balaban J connectivity index is 1.68. The zero-order valence-corrected chi connectivity index (χ0v) is 25.8. The second-order valence-electron chi connectivity index (χ2n) is 11.2. The summed E-state index contributed by atoms with van der Waals surface area (Å²) in [6, 6.07) is 11.5. The fraction of sp³-hybridized carbons (Fsp3) is 0.375. The number of carbonyl (C=O) groups excluding carboxylic acids is 2. The molecule has 2 aromatic carbocycles. The number of anilines is 1. The Kier molecular flexibility index (Phi) is 9.15. The van der Waals surface area contributed by atoms with Crippen molar-refractivity contribution in [3.8, 4) is 16.9 Å². The first-order chi connectivity index (χ1) is 19.8. The highest BCUT2D eigenvalue weighted by Gasteiger charge is 2.31. The molecule has 1 N–H and O–H groups in total. The molecule has 0 fully saturated rings. The van der Waals surface area contributed by atoms with Crippen LogP contribution in [0.25, 0.3) is 11.1 Å². The van der Waals surface area contributed by atoms with Gasteiger partial charge in [-0.15, -0.1) is 11.3 Å². The van der Waals surface area contributed by atoms with Crippen molar-refractivity contribution in [2.24, 2.45) is 4.99 Å². The normalized spacial score (nSPS) is 14.9. The van der Waals surface area contributed by atoms with Crippen LogP contribution in [0.4, 0.5) is 9.39 Å². The van der Waals surface area contributed by atoms with Crippen LogP contribution in [0.2, 0.25) is 0 Å². The lowest BCUT2D eigenvalue weighted by molar-refractivity contribution is -0.157. The minimum Gasteiger partial charge on any atom is -0.482 e. The zero-order valence-electron chi connectivity index (χ0n) is 25.0. The molecule has 1 aromatic heterocycles. The third-order valence-electron chi connectivity index (χ3n) is 6.73. The monoisotopic (exact) mass is 593 g/mol. The molecule has 10 heteroatoms. The number of fused-ring (bicyclic) bond motifs is 1. The van der Waals surface area contributed by atoms with Crippen molar-refractivity contribution in [2.75, 3.05) is 25.2 Å². The third kappa shape index (κ3) is 7.23. The van der Waals surface area contributed by atoms with Crippen LogP contribution < -0.4 is 9.64 Å². The molecule has 0 saturated carbocycles. The fourth-order valence-electron chi connectivity index (χ4n) is 4.70. The lowest BCUT2D eigenvalue weighted by Crippen LogP contribution is -2.35. The molecule has 2 heterocycles. The lowest BCUT2D eigenvalue weighted by Gasteiger charge is -2.23. The summed E-state index contributed by atoms with van der Waals surface area (Å²) in [7, 11) is 1.35. The van der Waals surface area contributed by atoms with Gasteiger partial charge < -0.3 is 19.1 Å². The molecule has 0 radical (unpaired) electrons. The summed E-state index contributed by atoms with van der Waals surface area (Å²) < 4.78 is 30.3. The van der Waals surface area contributed by atoms with Gasteiger partial charge in [-0.05, 0) is 70.4 Å². The molecular weight excluding hydrogens is 557 g/mol. The third-order valence-corrected chi connectivity index (χ3v) is 7.96. The van der Waals surface area contributed by atoms with E-state index in [2.05, 4.69) is 0 Å². The highest BCUT2D eigenvalue weighted by Crippen LogP contribution is 2.40. The first-order valence-corrected chi connectivity index (χ1v) is 14.4. The summed E-state index contributed by atoms with van der Waals surface area (Å²) in [6.07, 6.45) is 0.0875. The van der Waals surface area contributed by atoms with Gasteiger partial charge in [0.1, 0.15) is 22.2 Å². The van der Waals surface area contributed by atoms with Gasteiger partial charge in [0.25, 0.3) is 0 Å². The summed E-state index contributed by atoms with van der Waals surface area (Å²) in [5.74, 6) is -0.812. The smallest absolute Gasteiger partial charge is 0.344 e. The van der Waals surface area contributed by atoms with E-state index >= 15 is 0 Å². The van der Waals surface area contributed by atoms with Crippen LogP contribution in [-0.4, -0.2) is 55.4 Å². The summed E-state index contributed by atoms with van der Waals surface area (Å²) >= 11 is 1.60. The van der Waals surface area contributed by atoms with Gasteiger partial charge in [0.15, 0.2) is 6.61 Å². The molecule has 0 saturated heterocycles. The number of benzene rings is 2. The van der Waals surface area contributed by atoms with Crippen LogP contribution in [0.3, 0.4) is 0 Å². The van der Waals surface area contributed by atoms with Gasteiger partial charge in [-0.2, -0.15) is 0 Å². The number of aryl methyl sites for hydroxylation is 1. The van der Waals surface area contributed by atoms with Crippen LogP contribution in [-0.2, 0) is 19.1 Å². The Morgan fingerprint density at radius 3 is 2.36 bits per heavy atom. The second-order valence-corrected chi connectivity index (χ2v) is 12.4. The number of ether oxygens (including phenoxy) is 3. The van der Waals surface area contributed by atoms with Crippen molar-refractivity contribution >= 4 is 39.8 Å². The topological polar surface area (TPSA) is 101 Å². The summed E-state index contributed by atoms with van der Waals surface area (Å²) in [5.41, 5.74) is 4.26. The molecular formula is C32H36FN3O5S. The molecule has 1 atom stereocenters. The molecule has 8 nitrogen and oxygen atoms in total. The minimum absolute atomic E-state index is 0.0875. The molecule has 0 bridgehead atoms. The van der Waals surface area contributed by atoms with E-state index in [-0.39, 0.29) is 24.7 Å². The number of hydrogen-bond acceptors (Lipinski definition) is 8. The molecule has 0 amide bonds. The van der Waals surface area contributed by atoms with E-state index in [1.165, 1.54) is 19.2 Å². The van der Waals surface area contributed by atoms with E-state index in [4.69, 9.17) is 24.6 Å². The Hall–Kier alpha value is -4.05. The Labute approximate surface area is 249 Å². The summed E-state index contributed by atoms with van der Waals surface area (Å²) in [4.78, 5) is 32.4. The molecule has 42 heavy (non-hydrogen) atoms. The van der Waals surface area contributed by atoms with E-state index in [1.54, 1.807) is 45.1 Å². The molecule has 1 aliphatic rings. The number of amidine groups is 1. The maximum atomic E-state index is 14.5. The maximum absolute atomic E-state index is 14.5. The van der Waals surface area contributed by atoms with Crippen molar-refractivity contribution in [2.45, 2.75) is 59.6 Å². The fourth-order valence-corrected chi connectivity index (χ4v) is 5.92. The van der Waals surface area contributed by atoms with E-state index < -0.39 is 23.4 Å². The number of methoxy groups -OCH3 is 1. The SMILES string of the molecule is COC(=O)C[C@H]1CN(C(C)=N)c2sc(C)c(C)c2C(c2ccc(-c3cc(F)cc(OCC(=O)OC(C)(C)C)c3)cc2)=N1.